The predicted molar refractivity (Wildman–Crippen MR) is 73.2 cm³/mol. The average Bonchev–Trinajstić information content (AvgIpc) is 3.03. The zero-order valence-corrected chi connectivity index (χ0v) is 11.7. The van der Waals surface area contributed by atoms with E-state index in [9.17, 15) is 4.79 Å². The van der Waals surface area contributed by atoms with Crippen LogP contribution in [0.2, 0.25) is 0 Å². The van der Waals surface area contributed by atoms with Crippen LogP contribution in [0.1, 0.15) is 45.4 Å². The molecule has 2 aliphatic rings. The first-order valence-corrected chi connectivity index (χ1v) is 7.35. The summed E-state index contributed by atoms with van der Waals surface area (Å²) in [6, 6.07) is 0.640. The van der Waals surface area contributed by atoms with Gasteiger partial charge in [-0.05, 0) is 45.2 Å². The van der Waals surface area contributed by atoms with Crippen molar-refractivity contribution < 1.29 is 4.79 Å². The van der Waals surface area contributed by atoms with E-state index in [-0.39, 0.29) is 5.91 Å². The van der Waals surface area contributed by atoms with Crippen molar-refractivity contribution in [1.82, 2.24) is 10.2 Å². The molecule has 1 atom stereocenters. The van der Waals surface area contributed by atoms with Gasteiger partial charge in [0.2, 0.25) is 5.91 Å². The first kappa shape index (κ1) is 13.8. The molecule has 4 nitrogen and oxygen atoms in total. The Kier molecular flexibility index (Phi) is 4.28. The highest BCUT2D eigenvalue weighted by atomic mass is 16.1. The zero-order chi connectivity index (χ0) is 13.2. The topological polar surface area (TPSA) is 58.4 Å². The van der Waals surface area contributed by atoms with Crippen LogP contribution in [0, 0.1) is 5.92 Å². The van der Waals surface area contributed by atoms with Crippen molar-refractivity contribution >= 4 is 5.91 Å². The number of carbonyl (C=O) groups is 1. The van der Waals surface area contributed by atoms with Gasteiger partial charge in [0.25, 0.3) is 0 Å². The molecule has 2 rings (SSSR count). The van der Waals surface area contributed by atoms with E-state index in [1.807, 2.05) is 0 Å². The predicted octanol–water partition coefficient (Wildman–Crippen LogP) is 1.10. The van der Waals surface area contributed by atoms with Crippen molar-refractivity contribution in [1.29, 1.82) is 0 Å². The van der Waals surface area contributed by atoms with Crippen molar-refractivity contribution in [3.8, 4) is 0 Å². The van der Waals surface area contributed by atoms with Gasteiger partial charge in [-0.25, -0.2) is 0 Å². The maximum atomic E-state index is 12.0. The third-order valence-electron chi connectivity index (χ3n) is 4.65. The second-order valence-corrected chi connectivity index (χ2v) is 5.99. The molecule has 0 aliphatic heterocycles. The molecule has 4 heteroatoms. The minimum Gasteiger partial charge on any atom is -0.368 e. The third-order valence-corrected chi connectivity index (χ3v) is 4.65. The fourth-order valence-electron chi connectivity index (χ4n) is 3.45. The number of primary amides is 1. The largest absolute Gasteiger partial charge is 0.368 e. The van der Waals surface area contributed by atoms with E-state index < -0.39 is 5.54 Å². The number of hydrogen-bond donors (Lipinski definition) is 2. The molecular weight excluding hydrogens is 226 g/mol. The lowest BCUT2D eigenvalue weighted by Gasteiger charge is -2.37. The Labute approximate surface area is 110 Å². The molecule has 1 amide bonds. The van der Waals surface area contributed by atoms with Gasteiger partial charge >= 0.3 is 0 Å². The van der Waals surface area contributed by atoms with Crippen LogP contribution in [0.15, 0.2) is 0 Å². The summed E-state index contributed by atoms with van der Waals surface area (Å²) in [5.41, 5.74) is 5.22. The summed E-state index contributed by atoms with van der Waals surface area (Å²) in [7, 11) is 2.15. The minimum atomic E-state index is -0.494. The molecule has 0 spiro atoms. The first-order valence-electron chi connectivity index (χ1n) is 7.35. The number of nitrogens with one attached hydrogen (secondary N) is 1. The van der Waals surface area contributed by atoms with Crippen LogP contribution < -0.4 is 11.1 Å². The highest BCUT2D eigenvalue weighted by Gasteiger charge is 2.50. The van der Waals surface area contributed by atoms with Gasteiger partial charge < -0.3 is 16.0 Å². The van der Waals surface area contributed by atoms with E-state index in [1.165, 1.54) is 25.7 Å². The Bertz CT molecular complexity index is 297. The fraction of sp³-hybridized carbons (Fsp3) is 0.929. The SMILES string of the molecule is CCNC(CN(C)C1CCCC1)(C(N)=O)C1CC1. The van der Waals surface area contributed by atoms with Gasteiger partial charge in [0.15, 0.2) is 0 Å². The summed E-state index contributed by atoms with van der Waals surface area (Å²) in [6.07, 6.45) is 7.44. The summed E-state index contributed by atoms with van der Waals surface area (Å²) in [5, 5.41) is 3.40. The van der Waals surface area contributed by atoms with Crippen molar-refractivity contribution in [2.24, 2.45) is 11.7 Å². The molecule has 3 N–H and O–H groups in total. The second-order valence-electron chi connectivity index (χ2n) is 5.99. The molecule has 0 radical (unpaired) electrons. The molecule has 2 fully saturated rings. The lowest BCUT2D eigenvalue weighted by molar-refractivity contribution is -0.126. The molecule has 2 aliphatic carbocycles. The monoisotopic (exact) mass is 253 g/mol. The zero-order valence-electron chi connectivity index (χ0n) is 11.7. The normalized spacial score (nSPS) is 24.4. The van der Waals surface area contributed by atoms with Crippen LogP contribution in [-0.2, 0) is 4.79 Å². The molecular formula is C14H27N3O. The quantitative estimate of drug-likeness (QED) is 0.714. The maximum absolute atomic E-state index is 12.0. The summed E-state index contributed by atoms with van der Waals surface area (Å²) < 4.78 is 0. The highest BCUT2D eigenvalue weighted by molar-refractivity contribution is 5.86. The van der Waals surface area contributed by atoms with Crippen molar-refractivity contribution in [3.63, 3.8) is 0 Å². The average molecular weight is 253 g/mol. The Morgan fingerprint density at radius 1 is 1.33 bits per heavy atom. The van der Waals surface area contributed by atoms with Crippen LogP contribution in [0.5, 0.6) is 0 Å². The van der Waals surface area contributed by atoms with E-state index in [1.54, 1.807) is 0 Å². The first-order chi connectivity index (χ1) is 8.60. The van der Waals surface area contributed by atoms with E-state index in [0.29, 0.717) is 12.0 Å². The van der Waals surface area contributed by atoms with Crippen molar-refractivity contribution in [3.05, 3.63) is 0 Å². The number of nitrogens with two attached hydrogens (primary N) is 1. The molecule has 0 heterocycles. The van der Waals surface area contributed by atoms with Crippen molar-refractivity contribution in [2.75, 3.05) is 20.1 Å². The molecule has 0 saturated heterocycles. The van der Waals surface area contributed by atoms with Gasteiger partial charge in [-0.3, -0.25) is 4.79 Å². The molecule has 0 aromatic rings. The van der Waals surface area contributed by atoms with Gasteiger partial charge in [-0.1, -0.05) is 19.8 Å². The number of carbonyl (C=O) groups excluding carboxylic acids is 1. The number of nitrogens with zero attached hydrogens (tertiary/aromatic N) is 1. The number of likely N-dealkylation sites (N-methyl/N-ethyl adjacent to an activating group) is 2. The van der Waals surface area contributed by atoms with Crippen LogP contribution in [0.25, 0.3) is 0 Å². The lowest BCUT2D eigenvalue weighted by Crippen LogP contribution is -2.63. The molecule has 0 aromatic heterocycles. The molecule has 2 saturated carbocycles. The molecule has 104 valence electrons. The minimum absolute atomic E-state index is 0.170. The van der Waals surface area contributed by atoms with E-state index in [0.717, 1.165) is 25.9 Å². The van der Waals surface area contributed by atoms with E-state index in [4.69, 9.17) is 5.73 Å². The van der Waals surface area contributed by atoms with Crippen LogP contribution in [0.3, 0.4) is 0 Å². The standard InChI is InChI=1S/C14H27N3O/c1-3-16-14(13(15)18,11-8-9-11)10-17(2)12-6-4-5-7-12/h11-12,16H,3-10H2,1-2H3,(H2,15,18). The van der Waals surface area contributed by atoms with Crippen LogP contribution in [0.4, 0.5) is 0 Å². The number of amides is 1. The third kappa shape index (κ3) is 2.69. The van der Waals surface area contributed by atoms with E-state index in [2.05, 4.69) is 24.2 Å². The Morgan fingerprint density at radius 3 is 2.39 bits per heavy atom. The Balaban J connectivity index is 2.05. The number of hydrogen-bond acceptors (Lipinski definition) is 3. The van der Waals surface area contributed by atoms with Gasteiger partial charge in [-0.2, -0.15) is 0 Å². The highest BCUT2D eigenvalue weighted by Crippen LogP contribution is 2.40. The molecule has 1 unspecified atom stereocenters. The van der Waals surface area contributed by atoms with Gasteiger partial charge in [-0.15, -0.1) is 0 Å². The molecule has 18 heavy (non-hydrogen) atoms. The molecule has 0 aromatic carbocycles. The smallest absolute Gasteiger partial charge is 0.239 e. The molecule has 0 bridgehead atoms. The van der Waals surface area contributed by atoms with E-state index >= 15 is 0 Å². The Morgan fingerprint density at radius 2 is 1.94 bits per heavy atom. The summed E-state index contributed by atoms with van der Waals surface area (Å²) in [6.45, 7) is 3.62. The number of rotatable bonds is 7. The van der Waals surface area contributed by atoms with Gasteiger partial charge in [0.05, 0.1) is 0 Å². The lowest BCUT2D eigenvalue weighted by atomic mass is 9.90. The summed E-state index contributed by atoms with van der Waals surface area (Å²) in [5.74, 6) is 0.274. The maximum Gasteiger partial charge on any atom is 0.239 e. The second kappa shape index (κ2) is 5.57. The fourth-order valence-corrected chi connectivity index (χ4v) is 3.45. The van der Waals surface area contributed by atoms with Crippen molar-refractivity contribution in [2.45, 2.75) is 57.0 Å². The summed E-state index contributed by atoms with van der Waals surface area (Å²) >= 11 is 0. The summed E-state index contributed by atoms with van der Waals surface area (Å²) in [4.78, 5) is 14.3. The van der Waals surface area contributed by atoms with Crippen LogP contribution >= 0.6 is 0 Å². The van der Waals surface area contributed by atoms with Crippen LogP contribution in [-0.4, -0.2) is 42.5 Å². The van der Waals surface area contributed by atoms with Gasteiger partial charge in [0, 0.05) is 12.6 Å². The van der Waals surface area contributed by atoms with Gasteiger partial charge in [0.1, 0.15) is 5.54 Å². The Hall–Kier alpha value is -0.610.